The Labute approximate surface area is 99.5 Å². The van der Waals surface area contributed by atoms with Crippen molar-refractivity contribution in [3.05, 3.63) is 0 Å². The third-order valence-corrected chi connectivity index (χ3v) is 2.62. The van der Waals surface area contributed by atoms with Crippen LogP contribution in [0.15, 0.2) is 0 Å². The van der Waals surface area contributed by atoms with E-state index in [-0.39, 0.29) is 13.0 Å². The van der Waals surface area contributed by atoms with Crippen molar-refractivity contribution in [3.63, 3.8) is 0 Å². The summed E-state index contributed by atoms with van der Waals surface area (Å²) in [6.07, 6.45) is -0.642. The second-order valence-electron chi connectivity index (χ2n) is 5.33. The highest BCUT2D eigenvalue weighted by atomic mass is 19.3. The fraction of sp³-hybridized carbons (Fsp3) is 0.909. The quantitative estimate of drug-likeness (QED) is 0.774. The molecule has 17 heavy (non-hydrogen) atoms. The Balaban J connectivity index is 2.62. The van der Waals surface area contributed by atoms with Gasteiger partial charge in [0.05, 0.1) is 13.2 Å². The van der Waals surface area contributed by atoms with Crippen LogP contribution in [0.25, 0.3) is 0 Å². The van der Waals surface area contributed by atoms with Gasteiger partial charge < -0.3 is 14.7 Å². The molecule has 6 heteroatoms. The molecule has 0 aliphatic carbocycles. The first-order chi connectivity index (χ1) is 7.65. The SMILES string of the molecule is CC(C)(C)OC(=O)N1CC[C@@H](CO)C(F)(F)C1. The van der Waals surface area contributed by atoms with Crippen LogP contribution in [0, 0.1) is 5.92 Å². The Morgan fingerprint density at radius 3 is 2.53 bits per heavy atom. The van der Waals surface area contributed by atoms with Gasteiger partial charge in [-0.05, 0) is 27.2 Å². The summed E-state index contributed by atoms with van der Waals surface area (Å²) in [5, 5.41) is 8.82. The fourth-order valence-electron chi connectivity index (χ4n) is 1.69. The van der Waals surface area contributed by atoms with Gasteiger partial charge in [-0.3, -0.25) is 0 Å². The van der Waals surface area contributed by atoms with Crippen molar-refractivity contribution in [2.24, 2.45) is 5.92 Å². The molecule has 1 aliphatic rings. The average molecular weight is 251 g/mol. The maximum atomic E-state index is 13.5. The molecule has 4 nitrogen and oxygen atoms in total. The van der Waals surface area contributed by atoms with Crippen LogP contribution in [0.4, 0.5) is 13.6 Å². The average Bonchev–Trinajstić information content (AvgIpc) is 2.13. The number of rotatable bonds is 1. The number of nitrogens with zero attached hydrogens (tertiary/aromatic N) is 1. The minimum atomic E-state index is -3.05. The molecule has 0 aromatic heterocycles. The molecule has 0 spiro atoms. The molecule has 1 atom stereocenters. The van der Waals surface area contributed by atoms with Crippen LogP contribution in [-0.4, -0.2) is 47.3 Å². The van der Waals surface area contributed by atoms with Gasteiger partial charge in [-0.2, -0.15) is 0 Å². The summed E-state index contributed by atoms with van der Waals surface area (Å²) in [5.41, 5.74) is -0.694. The van der Waals surface area contributed by atoms with Gasteiger partial charge in [0.2, 0.25) is 0 Å². The van der Waals surface area contributed by atoms with E-state index in [0.29, 0.717) is 0 Å². The van der Waals surface area contributed by atoms with E-state index in [2.05, 4.69) is 0 Å². The summed E-state index contributed by atoms with van der Waals surface area (Å²) in [6, 6.07) is 0. The van der Waals surface area contributed by atoms with Gasteiger partial charge >= 0.3 is 6.09 Å². The smallest absolute Gasteiger partial charge is 0.410 e. The molecule has 1 N–H and O–H groups in total. The number of hydrogen-bond donors (Lipinski definition) is 1. The number of likely N-dealkylation sites (tertiary alicyclic amines) is 1. The highest BCUT2D eigenvalue weighted by molar-refractivity contribution is 5.68. The van der Waals surface area contributed by atoms with Crippen LogP contribution >= 0.6 is 0 Å². The van der Waals surface area contributed by atoms with Crippen molar-refractivity contribution in [3.8, 4) is 0 Å². The normalized spacial score (nSPS) is 24.6. The molecule has 1 aliphatic heterocycles. The van der Waals surface area contributed by atoms with Crippen LogP contribution in [0.3, 0.4) is 0 Å². The van der Waals surface area contributed by atoms with E-state index in [4.69, 9.17) is 9.84 Å². The molecule has 100 valence electrons. The van der Waals surface area contributed by atoms with E-state index in [1.165, 1.54) is 0 Å². The van der Waals surface area contributed by atoms with Crippen molar-refractivity contribution in [1.82, 2.24) is 4.90 Å². The Morgan fingerprint density at radius 2 is 2.12 bits per heavy atom. The predicted octanol–water partition coefficient (Wildman–Crippen LogP) is 1.87. The first kappa shape index (κ1) is 14.2. The number of piperidine rings is 1. The van der Waals surface area contributed by atoms with Gasteiger partial charge in [0.1, 0.15) is 5.60 Å². The number of ether oxygens (including phenoxy) is 1. The molecular formula is C11H19F2NO3. The van der Waals surface area contributed by atoms with Gasteiger partial charge in [0, 0.05) is 12.5 Å². The largest absolute Gasteiger partial charge is 0.444 e. The molecular weight excluding hydrogens is 232 g/mol. The molecule has 0 radical (unpaired) electrons. The molecule has 0 aromatic rings. The topological polar surface area (TPSA) is 49.8 Å². The molecule has 1 fully saturated rings. The lowest BCUT2D eigenvalue weighted by molar-refractivity contribution is -0.122. The summed E-state index contributed by atoms with van der Waals surface area (Å²) in [7, 11) is 0. The molecule has 1 heterocycles. The highest BCUT2D eigenvalue weighted by Crippen LogP contribution is 2.33. The first-order valence-corrected chi connectivity index (χ1v) is 5.62. The number of carbonyl (C=O) groups is 1. The number of halogens is 2. The van der Waals surface area contributed by atoms with Crippen molar-refractivity contribution >= 4 is 6.09 Å². The number of aliphatic hydroxyl groups excluding tert-OH is 1. The van der Waals surface area contributed by atoms with E-state index in [9.17, 15) is 13.6 Å². The number of alkyl halides is 2. The second-order valence-corrected chi connectivity index (χ2v) is 5.33. The van der Waals surface area contributed by atoms with Gasteiger partial charge in [0.25, 0.3) is 5.92 Å². The molecule has 0 aromatic carbocycles. The summed E-state index contributed by atoms with van der Waals surface area (Å²) >= 11 is 0. The van der Waals surface area contributed by atoms with Crippen LogP contribution in [-0.2, 0) is 4.74 Å². The maximum absolute atomic E-state index is 13.5. The second kappa shape index (κ2) is 4.76. The molecule has 1 amide bonds. The third-order valence-electron chi connectivity index (χ3n) is 2.62. The summed E-state index contributed by atoms with van der Waals surface area (Å²) < 4.78 is 32.0. The molecule has 0 unspecified atom stereocenters. The van der Waals surface area contributed by atoms with Gasteiger partial charge in [0.15, 0.2) is 0 Å². The fourth-order valence-corrected chi connectivity index (χ4v) is 1.69. The predicted molar refractivity (Wildman–Crippen MR) is 57.9 cm³/mol. The van der Waals surface area contributed by atoms with E-state index in [1.54, 1.807) is 20.8 Å². The van der Waals surface area contributed by atoms with Crippen molar-refractivity contribution in [2.75, 3.05) is 19.7 Å². The lowest BCUT2D eigenvalue weighted by Gasteiger charge is -2.38. The minimum absolute atomic E-state index is 0.0861. The van der Waals surface area contributed by atoms with Gasteiger partial charge in [-0.1, -0.05) is 0 Å². The number of aliphatic hydroxyl groups is 1. The zero-order valence-electron chi connectivity index (χ0n) is 10.4. The zero-order valence-corrected chi connectivity index (χ0v) is 10.4. The molecule has 0 saturated carbocycles. The Bertz CT molecular complexity index is 289. The summed E-state index contributed by atoms with van der Waals surface area (Å²) in [6.45, 7) is 3.99. The standard InChI is InChI=1S/C11H19F2NO3/c1-10(2,3)17-9(16)14-5-4-8(6-15)11(12,13)7-14/h8,15H,4-7H2,1-3H3/t8-/m0/s1. The van der Waals surface area contributed by atoms with E-state index in [0.717, 1.165) is 4.90 Å². The van der Waals surface area contributed by atoms with Crippen LogP contribution in [0.2, 0.25) is 0 Å². The van der Waals surface area contributed by atoms with Crippen LogP contribution < -0.4 is 0 Å². The monoisotopic (exact) mass is 251 g/mol. The van der Waals surface area contributed by atoms with Crippen molar-refractivity contribution < 1.29 is 23.4 Å². The Kier molecular flexibility index (Phi) is 3.96. The van der Waals surface area contributed by atoms with Crippen LogP contribution in [0.5, 0.6) is 0 Å². The highest BCUT2D eigenvalue weighted by Gasteiger charge is 2.46. The number of amides is 1. The Hall–Kier alpha value is -0.910. The maximum Gasteiger partial charge on any atom is 0.410 e. The number of hydrogen-bond acceptors (Lipinski definition) is 3. The number of carbonyl (C=O) groups excluding carboxylic acids is 1. The van der Waals surface area contributed by atoms with Gasteiger partial charge in [-0.25, -0.2) is 13.6 Å². The molecule has 1 saturated heterocycles. The summed E-state index contributed by atoms with van der Waals surface area (Å²) in [5.74, 6) is -4.12. The molecule has 0 bridgehead atoms. The summed E-state index contributed by atoms with van der Waals surface area (Å²) in [4.78, 5) is 12.6. The minimum Gasteiger partial charge on any atom is -0.444 e. The van der Waals surface area contributed by atoms with E-state index < -0.39 is 36.7 Å². The van der Waals surface area contributed by atoms with Gasteiger partial charge in [-0.15, -0.1) is 0 Å². The first-order valence-electron chi connectivity index (χ1n) is 5.62. The van der Waals surface area contributed by atoms with E-state index in [1.807, 2.05) is 0 Å². The molecule has 1 rings (SSSR count). The lowest BCUT2D eigenvalue weighted by Crippen LogP contribution is -2.52. The van der Waals surface area contributed by atoms with Crippen LogP contribution in [0.1, 0.15) is 27.2 Å². The zero-order chi connectivity index (χ0) is 13.3. The Morgan fingerprint density at radius 1 is 1.53 bits per heavy atom. The van der Waals surface area contributed by atoms with Crippen molar-refractivity contribution in [1.29, 1.82) is 0 Å². The lowest BCUT2D eigenvalue weighted by atomic mass is 9.94. The van der Waals surface area contributed by atoms with Crippen molar-refractivity contribution in [2.45, 2.75) is 38.7 Å². The van der Waals surface area contributed by atoms with E-state index >= 15 is 0 Å². The third kappa shape index (κ3) is 3.80.